The van der Waals surface area contributed by atoms with E-state index in [1.807, 2.05) is 29.4 Å². The van der Waals surface area contributed by atoms with Gasteiger partial charge in [0.25, 0.3) is 5.91 Å². The van der Waals surface area contributed by atoms with Gasteiger partial charge in [0.1, 0.15) is 0 Å². The molecule has 1 atom stereocenters. The fraction of sp³-hybridized carbons (Fsp3) is 0.529. The van der Waals surface area contributed by atoms with Crippen LogP contribution in [0.4, 0.5) is 0 Å². The minimum atomic E-state index is 0. The van der Waals surface area contributed by atoms with Gasteiger partial charge in [-0.05, 0) is 57.4 Å². The standard InChI is InChI=1S/C17H24N4O.2ClH/c1-12(2)21-11-19-15-8-14(5-6-16(15)21)17(22)20-7-3-4-13(9-18)10-20;;/h5-6,8,11-13H,3-4,7,9-10,18H2,1-2H3;2*1H. The smallest absolute Gasteiger partial charge is 0.253 e. The number of hydrogen-bond donors (Lipinski definition) is 1. The number of imidazole rings is 1. The lowest BCUT2D eigenvalue weighted by atomic mass is 9.97. The first-order valence-corrected chi connectivity index (χ1v) is 8.06. The van der Waals surface area contributed by atoms with E-state index < -0.39 is 0 Å². The van der Waals surface area contributed by atoms with E-state index in [0.717, 1.165) is 42.5 Å². The van der Waals surface area contributed by atoms with Gasteiger partial charge in [-0.3, -0.25) is 4.79 Å². The molecule has 2 heterocycles. The third-order valence-electron chi connectivity index (χ3n) is 4.52. The topological polar surface area (TPSA) is 64.2 Å². The van der Waals surface area contributed by atoms with Gasteiger partial charge in [-0.2, -0.15) is 0 Å². The van der Waals surface area contributed by atoms with Crippen LogP contribution in [0.1, 0.15) is 43.1 Å². The third kappa shape index (κ3) is 4.02. The van der Waals surface area contributed by atoms with E-state index in [0.29, 0.717) is 18.5 Å². The van der Waals surface area contributed by atoms with Gasteiger partial charge in [-0.15, -0.1) is 24.8 Å². The summed E-state index contributed by atoms with van der Waals surface area (Å²) in [5, 5.41) is 0. The highest BCUT2D eigenvalue weighted by Gasteiger charge is 2.24. The van der Waals surface area contributed by atoms with Gasteiger partial charge in [0.05, 0.1) is 17.4 Å². The molecule has 1 aromatic heterocycles. The van der Waals surface area contributed by atoms with E-state index in [2.05, 4.69) is 23.4 Å². The van der Waals surface area contributed by atoms with Gasteiger partial charge in [0.2, 0.25) is 0 Å². The van der Waals surface area contributed by atoms with Crippen molar-refractivity contribution in [1.29, 1.82) is 0 Å². The molecule has 5 nitrogen and oxygen atoms in total. The number of piperidine rings is 1. The average molecular weight is 373 g/mol. The quantitative estimate of drug-likeness (QED) is 0.898. The zero-order valence-corrected chi connectivity index (χ0v) is 15.8. The zero-order valence-electron chi connectivity index (χ0n) is 14.1. The number of rotatable bonds is 3. The van der Waals surface area contributed by atoms with Crippen molar-refractivity contribution < 1.29 is 4.79 Å². The van der Waals surface area contributed by atoms with Crippen molar-refractivity contribution in [2.24, 2.45) is 11.7 Å². The largest absolute Gasteiger partial charge is 0.338 e. The van der Waals surface area contributed by atoms with Gasteiger partial charge in [0, 0.05) is 24.7 Å². The summed E-state index contributed by atoms with van der Waals surface area (Å²) < 4.78 is 2.12. The molecular weight excluding hydrogens is 347 g/mol. The van der Waals surface area contributed by atoms with E-state index in [1.165, 1.54) is 0 Å². The number of hydrogen-bond acceptors (Lipinski definition) is 3. The maximum atomic E-state index is 12.7. The first kappa shape index (κ1) is 20.7. The minimum Gasteiger partial charge on any atom is -0.338 e. The van der Waals surface area contributed by atoms with Crippen LogP contribution in [0.2, 0.25) is 0 Å². The number of nitrogens with two attached hydrogens (primary N) is 1. The monoisotopic (exact) mass is 372 g/mol. The molecule has 0 saturated carbocycles. The second-order valence-electron chi connectivity index (χ2n) is 6.44. The highest BCUT2D eigenvalue weighted by atomic mass is 35.5. The van der Waals surface area contributed by atoms with Gasteiger partial charge in [0.15, 0.2) is 0 Å². The fourth-order valence-corrected chi connectivity index (χ4v) is 3.20. The highest BCUT2D eigenvalue weighted by molar-refractivity contribution is 5.97. The molecular formula is C17H26Cl2N4O. The molecule has 2 aromatic rings. The highest BCUT2D eigenvalue weighted by Crippen LogP contribution is 2.22. The number of carbonyl (C=O) groups excluding carboxylic acids is 1. The van der Waals surface area contributed by atoms with Crippen molar-refractivity contribution in [3.63, 3.8) is 0 Å². The molecule has 1 aromatic carbocycles. The predicted molar refractivity (Wildman–Crippen MR) is 102 cm³/mol. The lowest BCUT2D eigenvalue weighted by Crippen LogP contribution is -2.42. The van der Waals surface area contributed by atoms with Gasteiger partial charge < -0.3 is 15.2 Å². The number of halogens is 2. The summed E-state index contributed by atoms with van der Waals surface area (Å²) in [5.41, 5.74) is 8.44. The van der Waals surface area contributed by atoms with Crippen molar-refractivity contribution in [2.75, 3.05) is 19.6 Å². The SMILES string of the molecule is CC(C)n1cnc2cc(C(=O)N3CCCC(CN)C3)ccc21.Cl.Cl. The van der Waals surface area contributed by atoms with Crippen molar-refractivity contribution in [2.45, 2.75) is 32.7 Å². The first-order chi connectivity index (χ1) is 10.6. The Hall–Kier alpha value is -1.30. The lowest BCUT2D eigenvalue weighted by molar-refractivity contribution is 0.0678. The second kappa shape index (κ2) is 8.70. The van der Waals surface area contributed by atoms with Crippen molar-refractivity contribution in [3.8, 4) is 0 Å². The summed E-state index contributed by atoms with van der Waals surface area (Å²) >= 11 is 0. The maximum absolute atomic E-state index is 12.7. The number of likely N-dealkylation sites (tertiary alicyclic amines) is 1. The van der Waals surface area contributed by atoms with Crippen LogP contribution in [0, 0.1) is 5.92 Å². The molecule has 0 radical (unpaired) electrons. The molecule has 1 amide bonds. The Morgan fingerprint density at radius 2 is 2.12 bits per heavy atom. The minimum absolute atomic E-state index is 0. The number of aromatic nitrogens is 2. The van der Waals surface area contributed by atoms with Crippen LogP contribution in [-0.4, -0.2) is 40.0 Å². The van der Waals surface area contributed by atoms with E-state index in [9.17, 15) is 4.79 Å². The zero-order chi connectivity index (χ0) is 15.7. The molecule has 3 rings (SSSR count). The lowest BCUT2D eigenvalue weighted by Gasteiger charge is -2.32. The normalized spacial score (nSPS) is 17.5. The van der Waals surface area contributed by atoms with E-state index in [1.54, 1.807) is 0 Å². The van der Waals surface area contributed by atoms with Crippen LogP contribution in [0.3, 0.4) is 0 Å². The molecule has 24 heavy (non-hydrogen) atoms. The number of benzene rings is 1. The Kier molecular flexibility index (Phi) is 7.52. The Morgan fingerprint density at radius 3 is 2.79 bits per heavy atom. The molecule has 0 spiro atoms. The second-order valence-corrected chi connectivity index (χ2v) is 6.44. The molecule has 1 saturated heterocycles. The summed E-state index contributed by atoms with van der Waals surface area (Å²) in [4.78, 5) is 19.1. The van der Waals surface area contributed by atoms with Gasteiger partial charge in [-0.25, -0.2) is 4.98 Å². The van der Waals surface area contributed by atoms with Crippen molar-refractivity contribution in [1.82, 2.24) is 14.5 Å². The molecule has 134 valence electrons. The average Bonchev–Trinajstić information content (AvgIpc) is 2.97. The van der Waals surface area contributed by atoms with Crippen LogP contribution >= 0.6 is 24.8 Å². The molecule has 2 N–H and O–H groups in total. The molecule has 0 aliphatic carbocycles. The predicted octanol–water partition coefficient (Wildman–Crippen LogP) is 3.27. The number of nitrogens with zero attached hydrogens (tertiary/aromatic N) is 3. The summed E-state index contributed by atoms with van der Waals surface area (Å²) in [6.07, 6.45) is 4.00. The number of fused-ring (bicyclic) bond motifs is 1. The summed E-state index contributed by atoms with van der Waals surface area (Å²) in [5.74, 6) is 0.528. The van der Waals surface area contributed by atoms with Crippen LogP contribution < -0.4 is 5.73 Å². The molecule has 7 heteroatoms. The molecule has 0 bridgehead atoms. The summed E-state index contributed by atoms with van der Waals surface area (Å²) in [6, 6.07) is 6.18. The first-order valence-electron chi connectivity index (χ1n) is 8.06. The van der Waals surface area contributed by atoms with Crippen LogP contribution in [-0.2, 0) is 0 Å². The number of amides is 1. The Balaban J connectivity index is 0.00000144. The van der Waals surface area contributed by atoms with Crippen molar-refractivity contribution in [3.05, 3.63) is 30.1 Å². The Bertz CT molecular complexity index is 686. The van der Waals surface area contributed by atoms with Crippen LogP contribution in [0.15, 0.2) is 24.5 Å². The van der Waals surface area contributed by atoms with Gasteiger partial charge >= 0.3 is 0 Å². The van der Waals surface area contributed by atoms with Crippen molar-refractivity contribution >= 4 is 41.8 Å². The summed E-state index contributed by atoms with van der Waals surface area (Å²) in [6.45, 7) is 6.50. The molecule has 1 fully saturated rings. The Labute approximate surface area is 155 Å². The third-order valence-corrected chi connectivity index (χ3v) is 4.52. The van der Waals surface area contributed by atoms with E-state index >= 15 is 0 Å². The molecule has 1 aliphatic rings. The Morgan fingerprint density at radius 1 is 1.38 bits per heavy atom. The molecule has 1 aliphatic heterocycles. The maximum Gasteiger partial charge on any atom is 0.253 e. The number of carbonyl (C=O) groups is 1. The fourth-order valence-electron chi connectivity index (χ4n) is 3.20. The summed E-state index contributed by atoms with van der Waals surface area (Å²) in [7, 11) is 0. The van der Waals surface area contributed by atoms with Gasteiger partial charge in [-0.1, -0.05) is 0 Å². The van der Waals surface area contributed by atoms with Crippen LogP contribution in [0.5, 0.6) is 0 Å². The van der Waals surface area contributed by atoms with E-state index in [4.69, 9.17) is 5.73 Å². The van der Waals surface area contributed by atoms with Crippen LogP contribution in [0.25, 0.3) is 11.0 Å². The molecule has 1 unspecified atom stereocenters. The van der Waals surface area contributed by atoms with E-state index in [-0.39, 0.29) is 30.7 Å².